The summed E-state index contributed by atoms with van der Waals surface area (Å²) in [6.45, 7) is 0.738. The largest absolute Gasteiger partial charge is 0.397 e. The zero-order valence-electron chi connectivity index (χ0n) is 7.66. The molecule has 0 bridgehead atoms. The molecule has 0 aromatic heterocycles. The number of hydrogen-bond acceptors (Lipinski definition) is 2. The minimum atomic E-state index is 0.123. The van der Waals surface area contributed by atoms with Gasteiger partial charge in [0.2, 0.25) is 5.91 Å². The monoisotopic (exact) mass is 210 g/mol. The van der Waals surface area contributed by atoms with E-state index in [4.69, 9.17) is 17.3 Å². The Labute approximate surface area is 87.4 Å². The number of carbonyl (C=O) groups excluding carboxylic acids is 1. The van der Waals surface area contributed by atoms with Crippen molar-refractivity contribution in [3.05, 3.63) is 23.2 Å². The Hall–Kier alpha value is -1.22. The van der Waals surface area contributed by atoms with Crippen molar-refractivity contribution in [3.8, 4) is 0 Å². The zero-order chi connectivity index (χ0) is 10.1. The first kappa shape index (κ1) is 9.34. The molecule has 2 N–H and O–H groups in total. The zero-order valence-corrected chi connectivity index (χ0v) is 8.42. The molecule has 74 valence electrons. The van der Waals surface area contributed by atoms with Gasteiger partial charge < -0.3 is 10.6 Å². The molecule has 0 atom stereocenters. The van der Waals surface area contributed by atoms with Gasteiger partial charge in [-0.25, -0.2) is 0 Å². The number of halogens is 1. The van der Waals surface area contributed by atoms with Crippen LogP contribution in [0.3, 0.4) is 0 Å². The standard InChI is InChI=1S/C10H11ClN2O/c11-10-7(12)3-1-4-8(10)13-6-2-5-9(13)14/h1,3-4H,2,5-6,12H2. The smallest absolute Gasteiger partial charge is 0.227 e. The van der Waals surface area contributed by atoms with Crippen molar-refractivity contribution in [1.29, 1.82) is 0 Å². The first-order valence-electron chi connectivity index (χ1n) is 4.54. The third-order valence-electron chi connectivity index (χ3n) is 2.37. The van der Waals surface area contributed by atoms with Crippen LogP contribution in [0, 0.1) is 0 Å². The molecule has 0 spiro atoms. The average Bonchev–Trinajstić information content (AvgIpc) is 2.57. The third kappa shape index (κ3) is 1.44. The maximum Gasteiger partial charge on any atom is 0.227 e. The Morgan fingerprint density at radius 2 is 2.21 bits per heavy atom. The second-order valence-corrected chi connectivity index (χ2v) is 3.71. The molecule has 1 saturated heterocycles. The first-order chi connectivity index (χ1) is 6.70. The molecule has 4 heteroatoms. The van der Waals surface area contributed by atoms with Crippen LogP contribution in [-0.4, -0.2) is 12.5 Å². The lowest BCUT2D eigenvalue weighted by atomic mass is 10.2. The quantitative estimate of drug-likeness (QED) is 0.722. The van der Waals surface area contributed by atoms with E-state index >= 15 is 0 Å². The molecule has 0 aliphatic carbocycles. The van der Waals surface area contributed by atoms with Crippen molar-refractivity contribution < 1.29 is 4.79 Å². The van der Waals surface area contributed by atoms with E-state index in [0.717, 1.165) is 18.7 Å². The minimum Gasteiger partial charge on any atom is -0.397 e. The van der Waals surface area contributed by atoms with Gasteiger partial charge in [-0.2, -0.15) is 0 Å². The van der Waals surface area contributed by atoms with Crippen molar-refractivity contribution in [1.82, 2.24) is 0 Å². The Kier molecular flexibility index (Phi) is 2.33. The van der Waals surface area contributed by atoms with Gasteiger partial charge in [-0.3, -0.25) is 4.79 Å². The summed E-state index contributed by atoms with van der Waals surface area (Å²) in [5.41, 5.74) is 6.91. The summed E-state index contributed by atoms with van der Waals surface area (Å²) in [6.07, 6.45) is 1.50. The summed E-state index contributed by atoms with van der Waals surface area (Å²) in [6, 6.07) is 5.36. The Morgan fingerprint density at radius 1 is 1.43 bits per heavy atom. The van der Waals surface area contributed by atoms with E-state index in [-0.39, 0.29) is 5.91 Å². The molecule has 1 aliphatic rings. The van der Waals surface area contributed by atoms with Crippen LogP contribution in [0.4, 0.5) is 11.4 Å². The van der Waals surface area contributed by atoms with Gasteiger partial charge in [-0.1, -0.05) is 17.7 Å². The fraction of sp³-hybridized carbons (Fsp3) is 0.300. The van der Waals surface area contributed by atoms with E-state index in [0.29, 0.717) is 17.1 Å². The second-order valence-electron chi connectivity index (χ2n) is 3.33. The van der Waals surface area contributed by atoms with Crippen molar-refractivity contribution >= 4 is 28.9 Å². The van der Waals surface area contributed by atoms with Crippen molar-refractivity contribution in [3.63, 3.8) is 0 Å². The topological polar surface area (TPSA) is 46.3 Å². The normalized spacial score (nSPS) is 16.4. The second kappa shape index (κ2) is 3.50. The molecule has 0 saturated carbocycles. The molecule has 1 heterocycles. The van der Waals surface area contributed by atoms with Gasteiger partial charge in [-0.15, -0.1) is 0 Å². The van der Waals surface area contributed by atoms with Crippen LogP contribution in [0.15, 0.2) is 18.2 Å². The fourth-order valence-electron chi connectivity index (χ4n) is 1.65. The summed E-state index contributed by atoms with van der Waals surface area (Å²) >= 11 is 6.02. The highest BCUT2D eigenvalue weighted by atomic mass is 35.5. The number of nitrogen functional groups attached to an aromatic ring is 1. The molecule has 1 amide bonds. The number of hydrogen-bond donors (Lipinski definition) is 1. The molecule has 1 fully saturated rings. The maximum absolute atomic E-state index is 11.5. The molecule has 2 rings (SSSR count). The van der Waals surface area contributed by atoms with Gasteiger partial charge >= 0.3 is 0 Å². The number of nitrogens with two attached hydrogens (primary N) is 1. The van der Waals surface area contributed by atoms with Crippen LogP contribution >= 0.6 is 11.6 Å². The van der Waals surface area contributed by atoms with E-state index in [1.165, 1.54) is 0 Å². The van der Waals surface area contributed by atoms with Crippen LogP contribution in [0.5, 0.6) is 0 Å². The van der Waals surface area contributed by atoms with Gasteiger partial charge in [0.15, 0.2) is 0 Å². The van der Waals surface area contributed by atoms with E-state index in [9.17, 15) is 4.79 Å². The van der Waals surface area contributed by atoms with Gasteiger partial charge in [0.25, 0.3) is 0 Å². The van der Waals surface area contributed by atoms with Gasteiger partial charge in [0, 0.05) is 13.0 Å². The molecular weight excluding hydrogens is 200 g/mol. The highest BCUT2D eigenvalue weighted by Crippen LogP contribution is 2.33. The summed E-state index contributed by atoms with van der Waals surface area (Å²) in [5.74, 6) is 0.123. The number of rotatable bonds is 1. The van der Waals surface area contributed by atoms with Crippen LogP contribution in [0.2, 0.25) is 5.02 Å². The van der Waals surface area contributed by atoms with Crippen molar-refractivity contribution in [2.45, 2.75) is 12.8 Å². The first-order valence-corrected chi connectivity index (χ1v) is 4.92. The molecule has 14 heavy (non-hydrogen) atoms. The van der Waals surface area contributed by atoms with Gasteiger partial charge in [0.05, 0.1) is 16.4 Å². The average molecular weight is 211 g/mol. The van der Waals surface area contributed by atoms with Crippen LogP contribution in [-0.2, 0) is 4.79 Å². The number of anilines is 2. The number of benzene rings is 1. The molecular formula is C10H11ClN2O. The lowest BCUT2D eigenvalue weighted by Gasteiger charge is -2.17. The Morgan fingerprint density at radius 3 is 2.86 bits per heavy atom. The Bertz CT molecular complexity index is 378. The fourth-order valence-corrected chi connectivity index (χ4v) is 1.88. The highest BCUT2D eigenvalue weighted by Gasteiger charge is 2.23. The number of nitrogens with zero attached hydrogens (tertiary/aromatic N) is 1. The van der Waals surface area contributed by atoms with E-state index in [1.54, 1.807) is 11.0 Å². The lowest BCUT2D eigenvalue weighted by Crippen LogP contribution is -2.24. The third-order valence-corrected chi connectivity index (χ3v) is 2.78. The summed E-state index contributed by atoms with van der Waals surface area (Å²) in [7, 11) is 0. The van der Waals surface area contributed by atoms with Crippen molar-refractivity contribution in [2.24, 2.45) is 0 Å². The number of amides is 1. The molecule has 0 unspecified atom stereocenters. The molecule has 3 nitrogen and oxygen atoms in total. The van der Waals surface area contributed by atoms with Gasteiger partial charge in [-0.05, 0) is 18.6 Å². The van der Waals surface area contributed by atoms with Crippen LogP contribution in [0.1, 0.15) is 12.8 Å². The minimum absolute atomic E-state index is 0.123. The Balaban J connectivity index is 2.41. The predicted molar refractivity (Wildman–Crippen MR) is 57.5 cm³/mol. The maximum atomic E-state index is 11.5. The van der Waals surface area contributed by atoms with Crippen LogP contribution in [0.25, 0.3) is 0 Å². The summed E-state index contributed by atoms with van der Waals surface area (Å²) in [4.78, 5) is 13.2. The SMILES string of the molecule is Nc1cccc(N2CCCC2=O)c1Cl. The molecule has 1 aromatic carbocycles. The number of carbonyl (C=O) groups is 1. The van der Waals surface area contributed by atoms with Crippen LogP contribution < -0.4 is 10.6 Å². The van der Waals surface area contributed by atoms with E-state index in [2.05, 4.69) is 0 Å². The van der Waals surface area contributed by atoms with E-state index < -0.39 is 0 Å². The van der Waals surface area contributed by atoms with Crippen molar-refractivity contribution in [2.75, 3.05) is 17.2 Å². The lowest BCUT2D eigenvalue weighted by molar-refractivity contribution is -0.117. The molecule has 0 radical (unpaired) electrons. The molecule has 1 aliphatic heterocycles. The summed E-state index contributed by atoms with van der Waals surface area (Å²) in [5, 5.41) is 0.475. The summed E-state index contributed by atoms with van der Waals surface area (Å²) < 4.78 is 0. The molecule has 1 aromatic rings. The van der Waals surface area contributed by atoms with Gasteiger partial charge in [0.1, 0.15) is 0 Å². The highest BCUT2D eigenvalue weighted by molar-refractivity contribution is 6.36. The van der Waals surface area contributed by atoms with E-state index in [1.807, 2.05) is 12.1 Å². The predicted octanol–water partition coefficient (Wildman–Crippen LogP) is 2.05.